The molecule has 0 fully saturated rings. The fourth-order valence-electron chi connectivity index (χ4n) is 1.46. The number of rotatable bonds is 4. The van der Waals surface area contributed by atoms with Crippen molar-refractivity contribution >= 4 is 15.8 Å². The molecule has 0 aliphatic rings. The summed E-state index contributed by atoms with van der Waals surface area (Å²) in [5.74, 6) is 0.516. The van der Waals surface area contributed by atoms with Gasteiger partial charge in [0.25, 0.3) is 0 Å². The first kappa shape index (κ1) is 12.5. The maximum Gasteiger partial charge on any atom is 0.222 e. The monoisotopic (exact) mass is 263 g/mol. The molecule has 0 saturated carbocycles. The summed E-state index contributed by atoms with van der Waals surface area (Å²) >= 11 is 0. The molecule has 2 rings (SSSR count). The summed E-state index contributed by atoms with van der Waals surface area (Å²) in [4.78, 5) is 8.36. The summed E-state index contributed by atoms with van der Waals surface area (Å²) in [7, 11) is -3.17. The summed E-state index contributed by atoms with van der Waals surface area (Å²) in [5, 5.41) is 3.02. The van der Waals surface area contributed by atoms with Crippen LogP contribution >= 0.6 is 0 Å². The van der Waals surface area contributed by atoms with Crippen LogP contribution in [0, 0.1) is 0 Å². The number of sulfone groups is 1. The summed E-state index contributed by atoms with van der Waals surface area (Å²) < 4.78 is 22.8. The van der Waals surface area contributed by atoms with E-state index in [9.17, 15) is 8.42 Å². The summed E-state index contributed by atoms with van der Waals surface area (Å²) in [5.41, 5.74) is 0.866. The molecule has 0 atom stereocenters. The molecular weight excluding hydrogens is 250 g/mol. The fraction of sp³-hybridized carbons (Fsp3) is 0.167. The van der Waals surface area contributed by atoms with Crippen LogP contribution < -0.4 is 5.32 Å². The van der Waals surface area contributed by atoms with Gasteiger partial charge >= 0.3 is 0 Å². The van der Waals surface area contributed by atoms with Crippen LogP contribution in [0.3, 0.4) is 0 Å². The molecule has 6 heteroatoms. The standard InChI is InChI=1S/C12H13N3O2S/c1-18(16,17)11-5-2-4-10(8-11)9-15-12-13-6-3-7-14-12/h2-8H,9H2,1H3,(H,13,14,15). The van der Waals surface area contributed by atoms with Crippen molar-refractivity contribution in [3.63, 3.8) is 0 Å². The van der Waals surface area contributed by atoms with Crippen molar-refractivity contribution in [2.24, 2.45) is 0 Å². The van der Waals surface area contributed by atoms with E-state index in [0.717, 1.165) is 5.56 Å². The molecule has 0 saturated heterocycles. The Morgan fingerprint density at radius 1 is 1.17 bits per heavy atom. The Kier molecular flexibility index (Phi) is 3.57. The van der Waals surface area contributed by atoms with Crippen LogP contribution in [0.15, 0.2) is 47.6 Å². The highest BCUT2D eigenvalue weighted by molar-refractivity contribution is 7.90. The van der Waals surface area contributed by atoms with Crippen LogP contribution in [0.5, 0.6) is 0 Å². The normalized spacial score (nSPS) is 11.2. The van der Waals surface area contributed by atoms with Crippen LogP contribution in [-0.4, -0.2) is 24.6 Å². The van der Waals surface area contributed by atoms with Gasteiger partial charge in [0.2, 0.25) is 5.95 Å². The molecule has 5 nitrogen and oxygen atoms in total. The first-order valence-electron chi connectivity index (χ1n) is 5.35. The van der Waals surface area contributed by atoms with Crippen LogP contribution in [-0.2, 0) is 16.4 Å². The van der Waals surface area contributed by atoms with Gasteiger partial charge in [-0.05, 0) is 23.8 Å². The van der Waals surface area contributed by atoms with Crippen molar-refractivity contribution in [2.45, 2.75) is 11.4 Å². The van der Waals surface area contributed by atoms with Crippen molar-refractivity contribution < 1.29 is 8.42 Å². The third-order valence-corrected chi connectivity index (χ3v) is 3.45. The number of nitrogens with zero attached hydrogens (tertiary/aromatic N) is 2. The topological polar surface area (TPSA) is 72.0 Å². The summed E-state index contributed by atoms with van der Waals surface area (Å²) in [6.45, 7) is 0.480. The van der Waals surface area contributed by atoms with Gasteiger partial charge in [0.1, 0.15) is 0 Å². The smallest absolute Gasteiger partial charge is 0.222 e. The van der Waals surface area contributed by atoms with Crippen LogP contribution in [0.2, 0.25) is 0 Å². The average molecular weight is 263 g/mol. The van der Waals surface area contributed by atoms with Crippen LogP contribution in [0.1, 0.15) is 5.56 Å². The predicted molar refractivity (Wildman–Crippen MR) is 68.9 cm³/mol. The highest BCUT2D eigenvalue weighted by Crippen LogP contribution is 2.12. The van der Waals surface area contributed by atoms with E-state index in [1.54, 1.807) is 36.7 Å². The molecule has 0 amide bonds. The molecule has 94 valence electrons. The van der Waals surface area contributed by atoms with E-state index >= 15 is 0 Å². The third-order valence-electron chi connectivity index (χ3n) is 2.34. The number of anilines is 1. The zero-order chi connectivity index (χ0) is 13.0. The van der Waals surface area contributed by atoms with Gasteiger partial charge in [0, 0.05) is 25.2 Å². The highest BCUT2D eigenvalue weighted by atomic mass is 32.2. The van der Waals surface area contributed by atoms with Gasteiger partial charge in [-0.15, -0.1) is 0 Å². The van der Waals surface area contributed by atoms with Gasteiger partial charge in [-0.2, -0.15) is 0 Å². The molecule has 0 radical (unpaired) electrons. The van der Waals surface area contributed by atoms with E-state index in [4.69, 9.17) is 0 Å². The zero-order valence-corrected chi connectivity index (χ0v) is 10.7. The average Bonchev–Trinajstić information content (AvgIpc) is 2.37. The Balaban J connectivity index is 2.11. The lowest BCUT2D eigenvalue weighted by atomic mass is 10.2. The molecule has 2 aromatic rings. The van der Waals surface area contributed by atoms with Gasteiger partial charge in [-0.3, -0.25) is 0 Å². The Bertz CT molecular complexity index is 627. The molecule has 1 heterocycles. The largest absolute Gasteiger partial charge is 0.350 e. The van der Waals surface area contributed by atoms with Gasteiger partial charge in [0.15, 0.2) is 9.84 Å². The predicted octanol–water partition coefficient (Wildman–Crippen LogP) is 1.49. The van der Waals surface area contributed by atoms with Gasteiger partial charge in [0.05, 0.1) is 4.90 Å². The molecular formula is C12H13N3O2S. The first-order valence-corrected chi connectivity index (χ1v) is 7.25. The summed E-state index contributed by atoms with van der Waals surface area (Å²) in [6, 6.07) is 8.53. The third kappa shape index (κ3) is 3.27. The fourth-order valence-corrected chi connectivity index (χ4v) is 2.15. The van der Waals surface area contributed by atoms with Crippen LogP contribution in [0.25, 0.3) is 0 Å². The van der Waals surface area contributed by atoms with Gasteiger partial charge < -0.3 is 5.32 Å². The van der Waals surface area contributed by atoms with Gasteiger partial charge in [-0.25, -0.2) is 18.4 Å². The number of aromatic nitrogens is 2. The molecule has 1 aromatic heterocycles. The zero-order valence-electron chi connectivity index (χ0n) is 9.87. The maximum absolute atomic E-state index is 11.4. The highest BCUT2D eigenvalue weighted by Gasteiger charge is 2.07. The molecule has 0 aliphatic carbocycles. The van der Waals surface area contributed by atoms with Gasteiger partial charge in [-0.1, -0.05) is 12.1 Å². The second-order valence-electron chi connectivity index (χ2n) is 3.85. The minimum absolute atomic E-state index is 0.316. The van der Waals surface area contributed by atoms with E-state index in [1.807, 2.05) is 6.07 Å². The van der Waals surface area contributed by atoms with E-state index in [-0.39, 0.29) is 0 Å². The molecule has 18 heavy (non-hydrogen) atoms. The maximum atomic E-state index is 11.4. The lowest BCUT2D eigenvalue weighted by Gasteiger charge is -2.05. The Morgan fingerprint density at radius 3 is 2.56 bits per heavy atom. The number of hydrogen-bond acceptors (Lipinski definition) is 5. The van der Waals surface area contributed by atoms with Crippen molar-refractivity contribution in [3.8, 4) is 0 Å². The van der Waals surface area contributed by atoms with E-state index in [1.165, 1.54) is 6.26 Å². The molecule has 0 spiro atoms. The minimum Gasteiger partial charge on any atom is -0.350 e. The second-order valence-corrected chi connectivity index (χ2v) is 5.86. The summed E-state index contributed by atoms with van der Waals surface area (Å²) in [6.07, 6.45) is 4.48. The van der Waals surface area contributed by atoms with E-state index in [2.05, 4.69) is 15.3 Å². The number of nitrogens with one attached hydrogen (secondary N) is 1. The first-order chi connectivity index (χ1) is 8.55. The number of benzene rings is 1. The van der Waals surface area contributed by atoms with Crippen molar-refractivity contribution in [2.75, 3.05) is 11.6 Å². The minimum atomic E-state index is -3.17. The SMILES string of the molecule is CS(=O)(=O)c1cccc(CNc2ncccn2)c1. The Hall–Kier alpha value is -1.95. The van der Waals surface area contributed by atoms with Crippen molar-refractivity contribution in [1.29, 1.82) is 0 Å². The molecule has 1 aromatic carbocycles. The van der Waals surface area contributed by atoms with E-state index < -0.39 is 9.84 Å². The molecule has 1 N–H and O–H groups in total. The van der Waals surface area contributed by atoms with Crippen LogP contribution in [0.4, 0.5) is 5.95 Å². The number of hydrogen-bond donors (Lipinski definition) is 1. The quantitative estimate of drug-likeness (QED) is 0.905. The van der Waals surface area contributed by atoms with E-state index in [0.29, 0.717) is 17.4 Å². The molecule has 0 unspecified atom stereocenters. The lowest BCUT2D eigenvalue weighted by molar-refractivity contribution is 0.602. The molecule has 0 aliphatic heterocycles. The second kappa shape index (κ2) is 5.14. The van der Waals surface area contributed by atoms with Crippen molar-refractivity contribution in [3.05, 3.63) is 48.3 Å². The molecule has 0 bridgehead atoms. The Morgan fingerprint density at radius 2 is 1.89 bits per heavy atom. The van der Waals surface area contributed by atoms with Crippen molar-refractivity contribution in [1.82, 2.24) is 9.97 Å². The Labute approximate surface area is 106 Å². The lowest BCUT2D eigenvalue weighted by Crippen LogP contribution is -2.04.